The van der Waals surface area contributed by atoms with Crippen molar-refractivity contribution in [3.63, 3.8) is 0 Å². The third-order valence-electron chi connectivity index (χ3n) is 2.61. The zero-order chi connectivity index (χ0) is 11.7. The Morgan fingerprint density at radius 2 is 2.62 bits per heavy atom. The van der Waals surface area contributed by atoms with Gasteiger partial charge < -0.3 is 15.6 Å². The highest BCUT2D eigenvalue weighted by Gasteiger charge is 2.23. The minimum atomic E-state index is -1.01. The molecule has 2 heterocycles. The van der Waals surface area contributed by atoms with E-state index < -0.39 is 12.0 Å². The number of carbonyl (C=O) groups is 1. The Morgan fingerprint density at radius 1 is 1.88 bits per heavy atom. The molecule has 0 radical (unpaired) electrons. The van der Waals surface area contributed by atoms with Crippen molar-refractivity contribution in [2.24, 2.45) is 11.7 Å². The molecule has 1 aromatic rings. The fraction of sp³-hybridized carbons (Fsp3) is 0.600. The molecule has 0 saturated heterocycles. The van der Waals surface area contributed by atoms with Gasteiger partial charge in [0.2, 0.25) is 5.88 Å². The molecule has 6 nitrogen and oxygen atoms in total. The van der Waals surface area contributed by atoms with Crippen LogP contribution in [0.15, 0.2) is 6.20 Å². The number of fused-ring (bicyclic) bond motifs is 1. The van der Waals surface area contributed by atoms with Crippen molar-refractivity contribution >= 4 is 5.97 Å². The number of nitrogens with two attached hydrogens (primary N) is 1. The van der Waals surface area contributed by atoms with Crippen LogP contribution in [0.3, 0.4) is 0 Å². The number of carboxylic acids is 1. The maximum Gasteiger partial charge on any atom is 0.320 e. The molecule has 3 N–H and O–H groups in total. The van der Waals surface area contributed by atoms with Gasteiger partial charge in [0.1, 0.15) is 6.04 Å². The first kappa shape index (κ1) is 10.9. The third-order valence-corrected chi connectivity index (χ3v) is 2.61. The first-order chi connectivity index (χ1) is 7.58. The van der Waals surface area contributed by atoms with Crippen LogP contribution in [-0.4, -0.2) is 33.5 Å². The van der Waals surface area contributed by atoms with Crippen molar-refractivity contribution in [3.05, 3.63) is 11.8 Å². The van der Waals surface area contributed by atoms with E-state index in [0.717, 1.165) is 12.1 Å². The van der Waals surface area contributed by atoms with Crippen LogP contribution < -0.4 is 10.5 Å². The van der Waals surface area contributed by atoms with Gasteiger partial charge in [-0.3, -0.25) is 4.79 Å². The van der Waals surface area contributed by atoms with Crippen molar-refractivity contribution in [3.8, 4) is 5.88 Å². The van der Waals surface area contributed by atoms with Crippen LogP contribution in [0.4, 0.5) is 0 Å². The lowest BCUT2D eigenvalue weighted by Gasteiger charge is -2.21. The van der Waals surface area contributed by atoms with Gasteiger partial charge in [-0.15, -0.1) is 0 Å². The molecule has 88 valence electrons. The number of hydrogen-bond acceptors (Lipinski definition) is 4. The monoisotopic (exact) mass is 225 g/mol. The molecular formula is C10H15N3O3. The van der Waals surface area contributed by atoms with E-state index in [1.807, 2.05) is 0 Å². The van der Waals surface area contributed by atoms with Gasteiger partial charge in [0.15, 0.2) is 0 Å². The molecule has 0 bridgehead atoms. The highest BCUT2D eigenvalue weighted by Crippen LogP contribution is 2.25. The zero-order valence-electron chi connectivity index (χ0n) is 9.09. The Balaban J connectivity index is 2.15. The summed E-state index contributed by atoms with van der Waals surface area (Å²) in [6, 6.07) is -0.906. The van der Waals surface area contributed by atoms with Crippen molar-refractivity contribution < 1.29 is 14.6 Å². The van der Waals surface area contributed by atoms with Crippen LogP contribution in [0, 0.1) is 5.92 Å². The fourth-order valence-corrected chi connectivity index (χ4v) is 1.74. The Hall–Kier alpha value is -1.56. The molecular weight excluding hydrogens is 210 g/mol. The van der Waals surface area contributed by atoms with Crippen molar-refractivity contribution in [2.75, 3.05) is 6.61 Å². The Morgan fingerprint density at radius 3 is 3.31 bits per heavy atom. The molecule has 0 unspecified atom stereocenters. The molecule has 0 spiro atoms. The molecule has 16 heavy (non-hydrogen) atoms. The lowest BCUT2D eigenvalue weighted by atomic mass is 10.1. The Bertz CT molecular complexity index is 402. The smallest absolute Gasteiger partial charge is 0.320 e. The lowest BCUT2D eigenvalue weighted by Crippen LogP contribution is -2.32. The van der Waals surface area contributed by atoms with Crippen LogP contribution in [0.1, 0.15) is 12.5 Å². The number of aromatic nitrogens is 2. The van der Waals surface area contributed by atoms with Gasteiger partial charge in [-0.05, 0) is 0 Å². The predicted molar refractivity (Wildman–Crippen MR) is 56.2 cm³/mol. The van der Waals surface area contributed by atoms with Gasteiger partial charge in [-0.2, -0.15) is 5.10 Å². The number of rotatable bonds is 3. The summed E-state index contributed by atoms with van der Waals surface area (Å²) in [5, 5.41) is 12.9. The molecule has 1 aliphatic rings. The number of ether oxygens (including phenoxy) is 1. The first-order valence-corrected chi connectivity index (χ1v) is 5.23. The quantitative estimate of drug-likeness (QED) is 0.747. The second-order valence-electron chi connectivity index (χ2n) is 4.22. The lowest BCUT2D eigenvalue weighted by molar-refractivity contribution is -0.138. The number of aliphatic carboxylic acids is 1. The molecule has 1 aromatic heterocycles. The van der Waals surface area contributed by atoms with Crippen LogP contribution in [0.5, 0.6) is 5.88 Å². The third kappa shape index (κ3) is 2.01. The van der Waals surface area contributed by atoms with Gasteiger partial charge in [-0.25, -0.2) is 4.68 Å². The van der Waals surface area contributed by atoms with Crippen LogP contribution >= 0.6 is 0 Å². The van der Waals surface area contributed by atoms with E-state index in [-0.39, 0.29) is 6.42 Å². The summed E-state index contributed by atoms with van der Waals surface area (Å²) in [6.07, 6.45) is 1.88. The minimum absolute atomic E-state index is 0.249. The molecule has 0 aliphatic carbocycles. The van der Waals surface area contributed by atoms with Crippen LogP contribution in [-0.2, 0) is 17.8 Å². The topological polar surface area (TPSA) is 90.4 Å². The van der Waals surface area contributed by atoms with Crippen LogP contribution in [0.2, 0.25) is 0 Å². The van der Waals surface area contributed by atoms with E-state index in [1.165, 1.54) is 0 Å². The summed E-state index contributed by atoms with van der Waals surface area (Å²) in [4.78, 5) is 10.7. The zero-order valence-corrected chi connectivity index (χ0v) is 9.09. The van der Waals surface area contributed by atoms with Gasteiger partial charge >= 0.3 is 5.97 Å². The molecule has 0 amide bonds. The fourth-order valence-electron chi connectivity index (χ4n) is 1.74. The average Bonchev–Trinajstić information content (AvgIpc) is 2.60. The molecule has 6 heteroatoms. The van der Waals surface area contributed by atoms with Crippen LogP contribution in [0.25, 0.3) is 0 Å². The summed E-state index contributed by atoms with van der Waals surface area (Å²) in [7, 11) is 0. The second-order valence-corrected chi connectivity index (χ2v) is 4.22. The van der Waals surface area contributed by atoms with Crippen molar-refractivity contribution in [2.45, 2.75) is 25.9 Å². The van der Waals surface area contributed by atoms with Gasteiger partial charge in [0.25, 0.3) is 0 Å². The molecule has 1 aliphatic heterocycles. The summed E-state index contributed by atoms with van der Waals surface area (Å²) in [6.45, 7) is 3.52. The highest BCUT2D eigenvalue weighted by atomic mass is 16.5. The Kier molecular flexibility index (Phi) is 2.82. The SMILES string of the molecule is C[C@H]1COc2c(C[C@@H](N)C(=O)O)cnn2C1. The summed E-state index contributed by atoms with van der Waals surface area (Å²) < 4.78 is 7.30. The van der Waals surface area contributed by atoms with Crippen molar-refractivity contribution in [1.29, 1.82) is 0 Å². The van der Waals surface area contributed by atoms with Gasteiger partial charge in [0.05, 0.1) is 19.3 Å². The van der Waals surface area contributed by atoms with Crippen molar-refractivity contribution in [1.82, 2.24) is 9.78 Å². The second kappa shape index (κ2) is 4.13. The molecule has 2 rings (SSSR count). The molecule has 2 atom stereocenters. The maximum atomic E-state index is 10.7. The highest BCUT2D eigenvalue weighted by molar-refractivity contribution is 5.73. The molecule has 0 fully saturated rings. The summed E-state index contributed by atoms with van der Waals surface area (Å²) in [5.74, 6) is 0.0762. The summed E-state index contributed by atoms with van der Waals surface area (Å²) in [5.41, 5.74) is 6.24. The summed E-state index contributed by atoms with van der Waals surface area (Å²) >= 11 is 0. The van der Waals surface area contributed by atoms with E-state index in [1.54, 1.807) is 10.9 Å². The maximum absolute atomic E-state index is 10.7. The number of carboxylic acid groups (broad SMARTS) is 1. The molecule has 0 aromatic carbocycles. The van der Waals surface area contributed by atoms with Gasteiger partial charge in [-0.1, -0.05) is 6.92 Å². The van der Waals surface area contributed by atoms with E-state index in [2.05, 4.69) is 12.0 Å². The number of nitrogens with zero attached hydrogens (tertiary/aromatic N) is 2. The van der Waals surface area contributed by atoms with E-state index >= 15 is 0 Å². The first-order valence-electron chi connectivity index (χ1n) is 5.23. The number of hydrogen-bond donors (Lipinski definition) is 2. The van der Waals surface area contributed by atoms with E-state index in [0.29, 0.717) is 18.4 Å². The minimum Gasteiger partial charge on any atom is -0.480 e. The standard InChI is InChI=1S/C10H15N3O3/c1-6-4-13-9(16-5-6)7(3-12-13)2-8(11)10(14)15/h3,6,8H,2,4-5,11H2,1H3,(H,14,15)/t6-,8-/m1/s1. The normalized spacial score (nSPS) is 21.0. The molecule has 0 saturated carbocycles. The Labute approximate surface area is 93.0 Å². The van der Waals surface area contributed by atoms with Gasteiger partial charge in [0, 0.05) is 17.9 Å². The largest absolute Gasteiger partial charge is 0.480 e. The van der Waals surface area contributed by atoms with E-state index in [4.69, 9.17) is 15.6 Å². The van der Waals surface area contributed by atoms with E-state index in [9.17, 15) is 4.79 Å². The average molecular weight is 225 g/mol. The predicted octanol–water partition coefficient (Wildman–Crippen LogP) is -0.134.